The van der Waals surface area contributed by atoms with Crippen LogP contribution in [0.4, 0.5) is 0 Å². The maximum atomic E-state index is 10.7. The number of aliphatic hydroxyl groups is 1. The zero-order valence-corrected chi connectivity index (χ0v) is 11.0. The lowest BCUT2D eigenvalue weighted by atomic mass is 10.1. The normalized spacial score (nSPS) is 21.9. The molecule has 1 fully saturated rings. The number of carboxylic acid groups (broad SMARTS) is 1. The molecule has 1 saturated heterocycles. The van der Waals surface area contributed by atoms with Gasteiger partial charge in [-0.15, -0.1) is 0 Å². The Morgan fingerprint density at radius 3 is 3.00 bits per heavy atom. The number of piperidine rings is 1. The Kier molecular flexibility index (Phi) is 4.39. The lowest BCUT2D eigenvalue weighted by Crippen LogP contribution is -2.38. The number of nitrogens with zero attached hydrogens (tertiary/aromatic N) is 1. The summed E-state index contributed by atoms with van der Waals surface area (Å²) in [5.41, 5.74) is 0.342. The molecule has 2 unspecified atom stereocenters. The van der Waals surface area contributed by atoms with Gasteiger partial charge in [-0.25, -0.2) is 4.79 Å². The largest absolute Gasteiger partial charge is 0.489 e. The highest BCUT2D eigenvalue weighted by molar-refractivity contribution is 5.74. The number of carboxylic acids is 1. The van der Waals surface area contributed by atoms with Crippen molar-refractivity contribution in [3.05, 3.63) is 29.8 Å². The van der Waals surface area contributed by atoms with Crippen LogP contribution in [0.25, 0.3) is 0 Å². The summed E-state index contributed by atoms with van der Waals surface area (Å²) in [5.74, 6) is -0.646. The summed E-state index contributed by atoms with van der Waals surface area (Å²) >= 11 is 0. The van der Waals surface area contributed by atoms with Crippen molar-refractivity contribution in [2.24, 2.45) is 0 Å². The molecule has 104 valence electrons. The van der Waals surface area contributed by atoms with E-state index in [-0.39, 0.29) is 6.10 Å². The van der Waals surface area contributed by atoms with E-state index in [9.17, 15) is 9.90 Å². The number of benzene rings is 1. The molecule has 2 N–H and O–H groups in total. The molecule has 0 saturated carbocycles. The van der Waals surface area contributed by atoms with Gasteiger partial charge in [-0.3, -0.25) is 0 Å². The molecule has 0 aromatic heterocycles. The number of likely N-dealkylation sites (tertiary alicyclic amines) is 1. The highest BCUT2D eigenvalue weighted by Crippen LogP contribution is 2.22. The Hall–Kier alpha value is -1.59. The molecule has 1 aromatic rings. The van der Waals surface area contributed by atoms with Gasteiger partial charge in [0.15, 0.2) is 6.10 Å². The minimum Gasteiger partial charge on any atom is -0.489 e. The summed E-state index contributed by atoms with van der Waals surface area (Å²) in [5, 5.41) is 18.3. The summed E-state index contributed by atoms with van der Waals surface area (Å²) in [6.07, 6.45) is 0.711. The molecule has 1 aromatic carbocycles. The maximum absolute atomic E-state index is 10.7. The third-order valence-corrected chi connectivity index (χ3v) is 3.29. The molecular formula is C14H19NO4. The second-order valence-corrected chi connectivity index (χ2v) is 4.96. The summed E-state index contributed by atoms with van der Waals surface area (Å²) in [7, 11) is 2.06. The van der Waals surface area contributed by atoms with E-state index in [4.69, 9.17) is 9.84 Å². The SMILES string of the molecule is CN1CCCC(Oc2cccc(C(O)C(=O)O)c2)C1. The molecule has 1 aliphatic rings. The van der Waals surface area contributed by atoms with Gasteiger partial charge < -0.3 is 19.8 Å². The average molecular weight is 265 g/mol. The number of likely N-dealkylation sites (N-methyl/N-ethyl adjacent to an activating group) is 1. The van der Waals surface area contributed by atoms with Crippen molar-refractivity contribution < 1.29 is 19.7 Å². The fourth-order valence-corrected chi connectivity index (χ4v) is 2.31. The molecule has 0 bridgehead atoms. The van der Waals surface area contributed by atoms with E-state index in [1.54, 1.807) is 24.3 Å². The molecule has 1 heterocycles. The van der Waals surface area contributed by atoms with Crippen LogP contribution in [0.15, 0.2) is 24.3 Å². The molecule has 2 rings (SSSR count). The quantitative estimate of drug-likeness (QED) is 0.858. The number of hydrogen-bond donors (Lipinski definition) is 2. The van der Waals surface area contributed by atoms with Crippen LogP contribution >= 0.6 is 0 Å². The van der Waals surface area contributed by atoms with Crippen molar-refractivity contribution in [2.45, 2.75) is 25.0 Å². The summed E-state index contributed by atoms with van der Waals surface area (Å²) in [6, 6.07) is 6.65. The monoisotopic (exact) mass is 265 g/mol. The molecule has 0 aliphatic carbocycles. The van der Waals surface area contributed by atoms with Crippen LogP contribution in [0, 0.1) is 0 Å². The van der Waals surface area contributed by atoms with E-state index in [1.165, 1.54) is 0 Å². The Morgan fingerprint density at radius 1 is 1.53 bits per heavy atom. The summed E-state index contributed by atoms with van der Waals surface area (Å²) in [4.78, 5) is 13.0. The van der Waals surface area contributed by atoms with Crippen LogP contribution in [0.2, 0.25) is 0 Å². The smallest absolute Gasteiger partial charge is 0.337 e. The van der Waals surface area contributed by atoms with Crippen molar-refractivity contribution in [1.82, 2.24) is 4.90 Å². The number of aliphatic carboxylic acids is 1. The van der Waals surface area contributed by atoms with Crippen LogP contribution in [-0.4, -0.2) is 47.3 Å². The fraction of sp³-hybridized carbons (Fsp3) is 0.500. The first-order valence-electron chi connectivity index (χ1n) is 6.42. The molecule has 19 heavy (non-hydrogen) atoms. The topological polar surface area (TPSA) is 70.0 Å². The van der Waals surface area contributed by atoms with Crippen molar-refractivity contribution in [3.8, 4) is 5.75 Å². The van der Waals surface area contributed by atoms with Crippen LogP contribution in [-0.2, 0) is 4.79 Å². The highest BCUT2D eigenvalue weighted by Gasteiger charge is 2.20. The second-order valence-electron chi connectivity index (χ2n) is 4.96. The van der Waals surface area contributed by atoms with Crippen LogP contribution in [0.1, 0.15) is 24.5 Å². The van der Waals surface area contributed by atoms with Crippen LogP contribution in [0.3, 0.4) is 0 Å². The summed E-state index contributed by atoms with van der Waals surface area (Å²) in [6.45, 7) is 1.95. The Balaban J connectivity index is 2.04. The molecule has 0 radical (unpaired) electrons. The van der Waals surface area contributed by atoms with E-state index in [2.05, 4.69) is 11.9 Å². The molecule has 5 heteroatoms. The third kappa shape index (κ3) is 3.68. The molecule has 5 nitrogen and oxygen atoms in total. The summed E-state index contributed by atoms with van der Waals surface area (Å²) < 4.78 is 5.85. The standard InChI is InChI=1S/C14H19NO4/c1-15-7-3-6-12(9-15)19-11-5-2-4-10(8-11)13(16)14(17)18/h2,4-5,8,12-13,16H,3,6-7,9H2,1H3,(H,17,18). The number of rotatable bonds is 4. The average Bonchev–Trinajstić information content (AvgIpc) is 2.38. The zero-order valence-electron chi connectivity index (χ0n) is 11.0. The van der Waals surface area contributed by atoms with Gasteiger partial charge in [0, 0.05) is 6.54 Å². The van der Waals surface area contributed by atoms with Gasteiger partial charge in [-0.1, -0.05) is 12.1 Å². The second kappa shape index (κ2) is 6.04. The lowest BCUT2D eigenvalue weighted by molar-refractivity contribution is -0.146. The Labute approximate surface area is 112 Å². The first kappa shape index (κ1) is 13.8. The van der Waals surface area contributed by atoms with Gasteiger partial charge >= 0.3 is 5.97 Å². The first-order valence-corrected chi connectivity index (χ1v) is 6.42. The number of carbonyl (C=O) groups is 1. The van der Waals surface area contributed by atoms with E-state index < -0.39 is 12.1 Å². The van der Waals surface area contributed by atoms with E-state index in [0.717, 1.165) is 25.9 Å². The van der Waals surface area contributed by atoms with Gasteiger partial charge in [-0.05, 0) is 44.1 Å². The van der Waals surface area contributed by atoms with Crippen molar-refractivity contribution >= 4 is 5.97 Å². The molecular weight excluding hydrogens is 246 g/mol. The highest BCUT2D eigenvalue weighted by atomic mass is 16.5. The Morgan fingerprint density at radius 2 is 2.32 bits per heavy atom. The predicted octanol–water partition coefficient (Wildman–Crippen LogP) is 1.28. The molecule has 2 atom stereocenters. The molecule has 0 amide bonds. The van der Waals surface area contributed by atoms with E-state index in [1.807, 2.05) is 0 Å². The van der Waals surface area contributed by atoms with Gasteiger partial charge in [0.25, 0.3) is 0 Å². The number of aliphatic hydroxyl groups excluding tert-OH is 1. The third-order valence-electron chi connectivity index (χ3n) is 3.29. The van der Waals surface area contributed by atoms with Crippen molar-refractivity contribution in [3.63, 3.8) is 0 Å². The van der Waals surface area contributed by atoms with Crippen molar-refractivity contribution in [2.75, 3.05) is 20.1 Å². The molecule has 1 aliphatic heterocycles. The fourth-order valence-electron chi connectivity index (χ4n) is 2.31. The van der Waals surface area contributed by atoms with E-state index >= 15 is 0 Å². The maximum Gasteiger partial charge on any atom is 0.337 e. The predicted molar refractivity (Wildman–Crippen MR) is 70.2 cm³/mol. The minimum absolute atomic E-state index is 0.121. The van der Waals surface area contributed by atoms with Gasteiger partial charge in [0.1, 0.15) is 11.9 Å². The number of hydrogen-bond acceptors (Lipinski definition) is 4. The Bertz CT molecular complexity index is 449. The molecule has 0 spiro atoms. The van der Waals surface area contributed by atoms with Gasteiger partial charge in [-0.2, -0.15) is 0 Å². The van der Waals surface area contributed by atoms with Crippen LogP contribution < -0.4 is 4.74 Å². The first-order chi connectivity index (χ1) is 9.06. The lowest BCUT2D eigenvalue weighted by Gasteiger charge is -2.30. The zero-order chi connectivity index (χ0) is 13.8. The van der Waals surface area contributed by atoms with Crippen molar-refractivity contribution in [1.29, 1.82) is 0 Å². The minimum atomic E-state index is -1.50. The van der Waals surface area contributed by atoms with Gasteiger partial charge in [0.2, 0.25) is 0 Å². The van der Waals surface area contributed by atoms with Crippen LogP contribution in [0.5, 0.6) is 5.75 Å². The number of ether oxygens (including phenoxy) is 1. The van der Waals surface area contributed by atoms with Gasteiger partial charge in [0.05, 0.1) is 0 Å². The van der Waals surface area contributed by atoms with E-state index in [0.29, 0.717) is 11.3 Å².